The summed E-state index contributed by atoms with van der Waals surface area (Å²) >= 11 is 0. The van der Waals surface area contributed by atoms with Crippen molar-refractivity contribution in [3.63, 3.8) is 0 Å². The van der Waals surface area contributed by atoms with Gasteiger partial charge in [0.1, 0.15) is 6.04 Å². The SMILES string of the molecule is CC(C)c1ccc(CN2CCN(C(=O)[C@@H](NC(=O)c3ccco3)C(C)C)CC2)cc1. The van der Waals surface area contributed by atoms with Gasteiger partial charge in [-0.2, -0.15) is 0 Å². The molecule has 2 heterocycles. The predicted molar refractivity (Wildman–Crippen MR) is 117 cm³/mol. The van der Waals surface area contributed by atoms with Gasteiger partial charge in [0, 0.05) is 32.7 Å². The van der Waals surface area contributed by atoms with Crippen LogP contribution in [0.3, 0.4) is 0 Å². The highest BCUT2D eigenvalue weighted by Gasteiger charge is 2.31. The molecule has 1 aliphatic heterocycles. The van der Waals surface area contributed by atoms with Gasteiger partial charge in [-0.1, -0.05) is 52.0 Å². The zero-order valence-electron chi connectivity index (χ0n) is 18.4. The van der Waals surface area contributed by atoms with Crippen LogP contribution in [0.1, 0.15) is 55.3 Å². The van der Waals surface area contributed by atoms with Crippen molar-refractivity contribution in [3.8, 4) is 0 Å². The van der Waals surface area contributed by atoms with E-state index in [2.05, 4.69) is 48.3 Å². The van der Waals surface area contributed by atoms with E-state index in [9.17, 15) is 9.59 Å². The van der Waals surface area contributed by atoms with E-state index in [1.807, 2.05) is 18.7 Å². The molecule has 1 fully saturated rings. The third-order valence-corrected chi connectivity index (χ3v) is 5.70. The molecule has 1 saturated heterocycles. The first-order chi connectivity index (χ1) is 14.3. The molecule has 1 aliphatic rings. The van der Waals surface area contributed by atoms with Crippen molar-refractivity contribution in [2.45, 2.75) is 46.2 Å². The van der Waals surface area contributed by atoms with Gasteiger partial charge >= 0.3 is 0 Å². The zero-order chi connectivity index (χ0) is 21.7. The number of carbonyl (C=O) groups is 2. The quantitative estimate of drug-likeness (QED) is 0.757. The summed E-state index contributed by atoms with van der Waals surface area (Å²) in [4.78, 5) is 29.7. The standard InChI is InChI=1S/C24H33N3O3/c1-17(2)20-9-7-19(8-10-20)16-26-11-13-27(14-12-26)24(29)22(18(3)4)25-23(28)21-6-5-15-30-21/h5-10,15,17-18,22H,11-14,16H2,1-4H3,(H,25,28)/t22-/m0/s1. The molecule has 0 aliphatic carbocycles. The number of hydrogen-bond acceptors (Lipinski definition) is 4. The highest BCUT2D eigenvalue weighted by Crippen LogP contribution is 2.17. The molecule has 162 valence electrons. The van der Waals surface area contributed by atoms with Crippen LogP contribution in [0.5, 0.6) is 0 Å². The normalized spacial score (nSPS) is 16.1. The van der Waals surface area contributed by atoms with E-state index in [1.54, 1.807) is 12.1 Å². The largest absolute Gasteiger partial charge is 0.459 e. The molecule has 0 saturated carbocycles. The van der Waals surface area contributed by atoms with Gasteiger partial charge in [-0.05, 0) is 35.1 Å². The summed E-state index contributed by atoms with van der Waals surface area (Å²) in [5.41, 5.74) is 2.65. The summed E-state index contributed by atoms with van der Waals surface area (Å²) in [7, 11) is 0. The Morgan fingerprint density at radius 1 is 1.00 bits per heavy atom. The van der Waals surface area contributed by atoms with Gasteiger partial charge in [-0.15, -0.1) is 0 Å². The summed E-state index contributed by atoms with van der Waals surface area (Å²) in [5.74, 6) is 0.382. The molecule has 2 aromatic rings. The summed E-state index contributed by atoms with van der Waals surface area (Å²) in [5, 5.41) is 2.84. The molecule has 2 amide bonds. The number of furan rings is 1. The summed E-state index contributed by atoms with van der Waals surface area (Å²) in [6.07, 6.45) is 1.46. The van der Waals surface area contributed by atoms with Gasteiger partial charge in [-0.3, -0.25) is 14.5 Å². The summed E-state index contributed by atoms with van der Waals surface area (Å²) < 4.78 is 5.15. The molecule has 30 heavy (non-hydrogen) atoms. The first-order valence-electron chi connectivity index (χ1n) is 10.8. The lowest BCUT2D eigenvalue weighted by Gasteiger charge is -2.37. The van der Waals surface area contributed by atoms with Crippen molar-refractivity contribution in [1.82, 2.24) is 15.1 Å². The predicted octanol–water partition coefficient (Wildman–Crippen LogP) is 3.50. The van der Waals surface area contributed by atoms with Crippen molar-refractivity contribution in [3.05, 3.63) is 59.5 Å². The number of carbonyl (C=O) groups excluding carboxylic acids is 2. The molecule has 1 N–H and O–H groups in total. The molecule has 0 unspecified atom stereocenters. The molecule has 1 atom stereocenters. The second-order valence-electron chi connectivity index (χ2n) is 8.67. The zero-order valence-corrected chi connectivity index (χ0v) is 18.4. The lowest BCUT2D eigenvalue weighted by atomic mass is 10.0. The summed E-state index contributed by atoms with van der Waals surface area (Å²) in [6.45, 7) is 12.2. The number of amides is 2. The van der Waals surface area contributed by atoms with Gasteiger partial charge in [0.25, 0.3) is 5.91 Å². The van der Waals surface area contributed by atoms with Crippen LogP contribution in [0.15, 0.2) is 47.1 Å². The molecule has 3 rings (SSSR count). The second-order valence-corrected chi connectivity index (χ2v) is 8.67. The lowest BCUT2D eigenvalue weighted by Crippen LogP contribution is -2.56. The van der Waals surface area contributed by atoms with Gasteiger partial charge in [0.2, 0.25) is 5.91 Å². The van der Waals surface area contributed by atoms with E-state index < -0.39 is 6.04 Å². The smallest absolute Gasteiger partial charge is 0.287 e. The van der Waals surface area contributed by atoms with Crippen LogP contribution >= 0.6 is 0 Å². The third kappa shape index (κ3) is 5.51. The Morgan fingerprint density at radius 3 is 2.20 bits per heavy atom. The van der Waals surface area contributed by atoms with Crippen molar-refractivity contribution in [2.24, 2.45) is 5.92 Å². The number of hydrogen-bond donors (Lipinski definition) is 1. The Balaban J connectivity index is 1.53. The van der Waals surface area contributed by atoms with Crippen LogP contribution in [-0.4, -0.2) is 53.8 Å². The Hall–Kier alpha value is -2.60. The van der Waals surface area contributed by atoms with E-state index in [4.69, 9.17) is 4.42 Å². The van der Waals surface area contributed by atoms with Crippen molar-refractivity contribution in [2.75, 3.05) is 26.2 Å². The van der Waals surface area contributed by atoms with Crippen molar-refractivity contribution < 1.29 is 14.0 Å². The highest BCUT2D eigenvalue weighted by molar-refractivity contribution is 5.95. The molecule has 1 aromatic carbocycles. The fourth-order valence-electron chi connectivity index (χ4n) is 3.72. The molecular weight excluding hydrogens is 378 g/mol. The van der Waals surface area contributed by atoms with E-state index in [0.717, 1.165) is 19.6 Å². The molecule has 0 radical (unpaired) electrons. The van der Waals surface area contributed by atoms with Gasteiger partial charge in [0.15, 0.2) is 5.76 Å². The molecule has 1 aromatic heterocycles. The number of nitrogens with one attached hydrogen (secondary N) is 1. The third-order valence-electron chi connectivity index (χ3n) is 5.70. The van der Waals surface area contributed by atoms with Crippen LogP contribution in [0.2, 0.25) is 0 Å². The number of nitrogens with zero attached hydrogens (tertiary/aromatic N) is 2. The molecule has 6 nitrogen and oxygen atoms in total. The van der Waals surface area contributed by atoms with Crippen LogP contribution in [0.25, 0.3) is 0 Å². The van der Waals surface area contributed by atoms with E-state index in [-0.39, 0.29) is 23.5 Å². The minimum atomic E-state index is -0.558. The maximum atomic E-state index is 13.1. The minimum absolute atomic E-state index is 0.00564. The Labute approximate surface area is 179 Å². The lowest BCUT2D eigenvalue weighted by molar-refractivity contribution is -0.136. The molecule has 6 heteroatoms. The second kappa shape index (κ2) is 9.94. The van der Waals surface area contributed by atoms with Gasteiger partial charge in [0.05, 0.1) is 6.26 Å². The van der Waals surface area contributed by atoms with Gasteiger partial charge < -0.3 is 14.6 Å². The summed E-state index contributed by atoms with van der Waals surface area (Å²) in [6, 6.07) is 11.5. The van der Waals surface area contributed by atoms with Crippen LogP contribution in [-0.2, 0) is 11.3 Å². The average molecular weight is 412 g/mol. The first kappa shape index (κ1) is 22.1. The Morgan fingerprint density at radius 2 is 1.67 bits per heavy atom. The highest BCUT2D eigenvalue weighted by atomic mass is 16.3. The minimum Gasteiger partial charge on any atom is -0.459 e. The van der Waals surface area contributed by atoms with E-state index in [1.165, 1.54) is 17.4 Å². The Kier molecular flexibility index (Phi) is 7.32. The van der Waals surface area contributed by atoms with Crippen LogP contribution < -0.4 is 5.32 Å². The maximum Gasteiger partial charge on any atom is 0.287 e. The molecule has 0 bridgehead atoms. The molecular formula is C24H33N3O3. The number of piperazine rings is 1. The molecule has 0 spiro atoms. The van der Waals surface area contributed by atoms with Gasteiger partial charge in [-0.25, -0.2) is 0 Å². The number of benzene rings is 1. The first-order valence-corrected chi connectivity index (χ1v) is 10.8. The van der Waals surface area contributed by atoms with Crippen molar-refractivity contribution in [1.29, 1.82) is 0 Å². The fourth-order valence-corrected chi connectivity index (χ4v) is 3.72. The Bertz CT molecular complexity index is 820. The van der Waals surface area contributed by atoms with E-state index in [0.29, 0.717) is 19.0 Å². The monoisotopic (exact) mass is 411 g/mol. The van der Waals surface area contributed by atoms with E-state index >= 15 is 0 Å². The van der Waals surface area contributed by atoms with Crippen molar-refractivity contribution >= 4 is 11.8 Å². The maximum absolute atomic E-state index is 13.1. The number of rotatable bonds is 7. The van der Waals surface area contributed by atoms with Crippen LogP contribution in [0.4, 0.5) is 0 Å². The average Bonchev–Trinajstić information content (AvgIpc) is 3.27. The van der Waals surface area contributed by atoms with Crippen LogP contribution in [0, 0.1) is 5.92 Å². The topological polar surface area (TPSA) is 65.8 Å². The fraction of sp³-hybridized carbons (Fsp3) is 0.500.